The Labute approximate surface area is 156 Å². The van der Waals surface area contributed by atoms with Crippen molar-refractivity contribution in [3.63, 3.8) is 0 Å². The summed E-state index contributed by atoms with van der Waals surface area (Å²) in [6.45, 7) is 5.20. The first-order chi connectivity index (χ1) is 13.0. The Morgan fingerprint density at radius 1 is 1.00 bits per heavy atom. The van der Waals surface area contributed by atoms with Crippen molar-refractivity contribution in [1.29, 1.82) is 0 Å². The summed E-state index contributed by atoms with van der Waals surface area (Å²) in [5, 5.41) is 17.2. The van der Waals surface area contributed by atoms with Crippen molar-refractivity contribution < 1.29 is 4.92 Å². The molecule has 2 heterocycles. The molecule has 0 aliphatic rings. The summed E-state index contributed by atoms with van der Waals surface area (Å²) in [7, 11) is 0. The van der Waals surface area contributed by atoms with Crippen LogP contribution in [0.5, 0.6) is 0 Å². The highest BCUT2D eigenvalue weighted by Crippen LogP contribution is 2.20. The van der Waals surface area contributed by atoms with Crippen molar-refractivity contribution in [2.75, 3.05) is 23.7 Å². The molecule has 0 amide bonds. The Morgan fingerprint density at radius 3 is 2.41 bits per heavy atom. The van der Waals surface area contributed by atoms with E-state index in [9.17, 15) is 10.1 Å². The van der Waals surface area contributed by atoms with Gasteiger partial charge in [-0.2, -0.15) is 0 Å². The minimum absolute atomic E-state index is 0.0767. The standard InChI is InChI=1S/C19H20N6O2/c1-13-14(2)23-19(17-5-3-4-10-21-17)24-18(13)22-12-11-20-15-6-8-16(9-7-15)25(26)27/h3-10,20H,11-12H2,1-2H3,(H,22,23,24). The van der Waals surface area contributed by atoms with E-state index in [2.05, 4.69) is 25.6 Å². The Balaban J connectivity index is 1.62. The molecule has 138 valence electrons. The van der Waals surface area contributed by atoms with E-state index in [0.717, 1.165) is 28.5 Å². The number of nitrogens with zero attached hydrogens (tertiary/aromatic N) is 4. The number of nitro benzene ring substituents is 1. The lowest BCUT2D eigenvalue weighted by Crippen LogP contribution is -2.16. The molecule has 0 saturated heterocycles. The zero-order valence-electron chi connectivity index (χ0n) is 15.1. The largest absolute Gasteiger partial charge is 0.383 e. The first-order valence-corrected chi connectivity index (χ1v) is 8.53. The summed E-state index contributed by atoms with van der Waals surface area (Å²) in [5.41, 5.74) is 3.52. The van der Waals surface area contributed by atoms with Gasteiger partial charge in [0.25, 0.3) is 5.69 Å². The van der Waals surface area contributed by atoms with Gasteiger partial charge in [-0.3, -0.25) is 15.1 Å². The van der Waals surface area contributed by atoms with Gasteiger partial charge in [-0.25, -0.2) is 9.97 Å². The van der Waals surface area contributed by atoms with Gasteiger partial charge >= 0.3 is 0 Å². The van der Waals surface area contributed by atoms with Crippen molar-refractivity contribution in [3.8, 4) is 11.5 Å². The smallest absolute Gasteiger partial charge is 0.269 e. The normalized spacial score (nSPS) is 10.4. The predicted molar refractivity (Wildman–Crippen MR) is 105 cm³/mol. The number of nitro groups is 1. The summed E-state index contributed by atoms with van der Waals surface area (Å²) in [6.07, 6.45) is 1.72. The highest BCUT2D eigenvalue weighted by molar-refractivity contribution is 5.56. The van der Waals surface area contributed by atoms with Crippen molar-refractivity contribution in [1.82, 2.24) is 15.0 Å². The van der Waals surface area contributed by atoms with E-state index < -0.39 is 4.92 Å². The molecule has 0 saturated carbocycles. The van der Waals surface area contributed by atoms with E-state index in [1.807, 2.05) is 32.0 Å². The van der Waals surface area contributed by atoms with Gasteiger partial charge < -0.3 is 10.6 Å². The maximum atomic E-state index is 10.7. The number of anilines is 2. The van der Waals surface area contributed by atoms with Crippen molar-refractivity contribution in [2.24, 2.45) is 0 Å². The zero-order valence-corrected chi connectivity index (χ0v) is 15.1. The molecule has 0 unspecified atom stereocenters. The van der Waals surface area contributed by atoms with E-state index in [-0.39, 0.29) is 5.69 Å². The van der Waals surface area contributed by atoms with E-state index in [0.29, 0.717) is 18.9 Å². The molecule has 0 bridgehead atoms. The predicted octanol–water partition coefficient (Wildman–Crippen LogP) is 3.59. The van der Waals surface area contributed by atoms with Crippen LogP contribution in [0.2, 0.25) is 0 Å². The fourth-order valence-corrected chi connectivity index (χ4v) is 2.50. The molecule has 0 radical (unpaired) electrons. The monoisotopic (exact) mass is 364 g/mol. The summed E-state index contributed by atoms with van der Waals surface area (Å²) in [4.78, 5) is 23.7. The third-order valence-electron chi connectivity index (χ3n) is 4.11. The second-order valence-electron chi connectivity index (χ2n) is 5.98. The number of aromatic nitrogens is 3. The lowest BCUT2D eigenvalue weighted by Gasteiger charge is -2.13. The number of hydrogen-bond donors (Lipinski definition) is 2. The topological polar surface area (TPSA) is 106 Å². The van der Waals surface area contributed by atoms with Crippen LogP contribution in [0.4, 0.5) is 17.2 Å². The maximum absolute atomic E-state index is 10.7. The third-order valence-corrected chi connectivity index (χ3v) is 4.11. The first-order valence-electron chi connectivity index (χ1n) is 8.53. The quantitative estimate of drug-likeness (QED) is 0.375. The molecule has 2 aromatic heterocycles. The van der Waals surface area contributed by atoms with Crippen LogP contribution in [0, 0.1) is 24.0 Å². The molecule has 0 aliphatic heterocycles. The van der Waals surface area contributed by atoms with Crippen LogP contribution in [-0.2, 0) is 0 Å². The second-order valence-corrected chi connectivity index (χ2v) is 5.98. The molecule has 0 spiro atoms. The number of aryl methyl sites for hydroxylation is 1. The van der Waals surface area contributed by atoms with Gasteiger partial charge in [0.1, 0.15) is 11.5 Å². The number of rotatable bonds is 7. The Morgan fingerprint density at radius 2 is 1.74 bits per heavy atom. The van der Waals surface area contributed by atoms with Gasteiger partial charge in [-0.15, -0.1) is 0 Å². The Kier molecular flexibility index (Phi) is 5.55. The number of pyridine rings is 1. The molecule has 0 aliphatic carbocycles. The van der Waals surface area contributed by atoms with Crippen LogP contribution in [0.3, 0.4) is 0 Å². The zero-order chi connectivity index (χ0) is 19.2. The van der Waals surface area contributed by atoms with Gasteiger partial charge in [-0.1, -0.05) is 6.07 Å². The van der Waals surface area contributed by atoms with Gasteiger partial charge in [0.05, 0.1) is 4.92 Å². The van der Waals surface area contributed by atoms with E-state index in [4.69, 9.17) is 0 Å². The van der Waals surface area contributed by atoms with Crippen LogP contribution < -0.4 is 10.6 Å². The SMILES string of the molecule is Cc1nc(-c2ccccn2)nc(NCCNc2ccc([N+](=O)[O-])cc2)c1C. The average Bonchev–Trinajstić information content (AvgIpc) is 2.69. The minimum Gasteiger partial charge on any atom is -0.383 e. The van der Waals surface area contributed by atoms with Crippen LogP contribution in [0.25, 0.3) is 11.5 Å². The summed E-state index contributed by atoms with van der Waals surface area (Å²) in [5.74, 6) is 1.36. The molecule has 3 aromatic rings. The number of benzene rings is 1. The second kappa shape index (κ2) is 8.22. The van der Waals surface area contributed by atoms with Gasteiger partial charge in [0.2, 0.25) is 0 Å². The number of hydrogen-bond acceptors (Lipinski definition) is 7. The molecular formula is C19H20N6O2. The van der Waals surface area contributed by atoms with Crippen LogP contribution in [0.15, 0.2) is 48.7 Å². The van der Waals surface area contributed by atoms with Crippen molar-refractivity contribution in [2.45, 2.75) is 13.8 Å². The number of nitrogens with one attached hydrogen (secondary N) is 2. The summed E-state index contributed by atoms with van der Waals surface area (Å²) < 4.78 is 0. The highest BCUT2D eigenvalue weighted by Gasteiger charge is 2.10. The van der Waals surface area contributed by atoms with Gasteiger partial charge in [0.15, 0.2) is 5.82 Å². The fourth-order valence-electron chi connectivity index (χ4n) is 2.50. The van der Waals surface area contributed by atoms with Crippen LogP contribution >= 0.6 is 0 Å². The molecule has 2 N–H and O–H groups in total. The van der Waals surface area contributed by atoms with Crippen molar-refractivity contribution >= 4 is 17.2 Å². The van der Waals surface area contributed by atoms with Crippen LogP contribution in [0.1, 0.15) is 11.3 Å². The molecule has 8 heteroatoms. The van der Waals surface area contributed by atoms with E-state index >= 15 is 0 Å². The summed E-state index contributed by atoms with van der Waals surface area (Å²) >= 11 is 0. The van der Waals surface area contributed by atoms with E-state index in [1.54, 1.807) is 18.3 Å². The minimum atomic E-state index is -0.412. The average molecular weight is 364 g/mol. The molecule has 3 rings (SSSR count). The first kappa shape index (κ1) is 18.2. The molecule has 8 nitrogen and oxygen atoms in total. The molecular weight excluding hydrogens is 344 g/mol. The van der Waals surface area contributed by atoms with E-state index in [1.165, 1.54) is 12.1 Å². The molecule has 0 fully saturated rings. The lowest BCUT2D eigenvalue weighted by molar-refractivity contribution is -0.384. The van der Waals surface area contributed by atoms with Crippen molar-refractivity contribution in [3.05, 3.63) is 70.0 Å². The molecule has 1 aromatic carbocycles. The molecule has 0 atom stereocenters. The number of non-ortho nitro benzene ring substituents is 1. The molecule has 27 heavy (non-hydrogen) atoms. The fraction of sp³-hybridized carbons (Fsp3) is 0.211. The maximum Gasteiger partial charge on any atom is 0.269 e. The Bertz CT molecular complexity index is 929. The van der Waals surface area contributed by atoms with Gasteiger partial charge in [0, 0.05) is 48.4 Å². The van der Waals surface area contributed by atoms with Gasteiger partial charge in [-0.05, 0) is 38.1 Å². The Hall–Kier alpha value is -3.55. The summed E-state index contributed by atoms with van der Waals surface area (Å²) in [6, 6.07) is 12.0. The highest BCUT2D eigenvalue weighted by atomic mass is 16.6. The van der Waals surface area contributed by atoms with Crippen LogP contribution in [-0.4, -0.2) is 33.0 Å². The lowest BCUT2D eigenvalue weighted by atomic mass is 10.2. The third kappa shape index (κ3) is 4.55.